The fraction of sp³-hybridized carbons (Fsp3) is 0.778. The second kappa shape index (κ2) is 5.14. The molecule has 1 fully saturated rings. The van der Waals surface area contributed by atoms with Crippen LogP contribution in [0.5, 0.6) is 0 Å². The molecular weight excluding hydrogens is 222 g/mol. The fourth-order valence-electron chi connectivity index (χ4n) is 1.33. The van der Waals surface area contributed by atoms with Gasteiger partial charge in [-0.05, 0) is 19.3 Å². The van der Waals surface area contributed by atoms with Gasteiger partial charge in [-0.1, -0.05) is 6.08 Å². The summed E-state index contributed by atoms with van der Waals surface area (Å²) in [5.74, 6) is 0.548. The first-order valence-electron chi connectivity index (χ1n) is 4.78. The van der Waals surface area contributed by atoms with Crippen LogP contribution in [0.4, 0.5) is 0 Å². The highest BCUT2D eigenvalue weighted by Crippen LogP contribution is 2.29. The topological polar surface area (TPSA) is 37.4 Å². The van der Waals surface area contributed by atoms with Gasteiger partial charge in [0.2, 0.25) is 10.0 Å². The molecular formula is C9H16ClNO2S. The van der Waals surface area contributed by atoms with Gasteiger partial charge in [0, 0.05) is 18.5 Å². The molecule has 82 valence electrons. The van der Waals surface area contributed by atoms with Crippen LogP contribution in [0, 0.1) is 0 Å². The molecule has 0 N–H and O–H groups in total. The van der Waals surface area contributed by atoms with Gasteiger partial charge >= 0.3 is 0 Å². The molecule has 0 aromatic rings. The molecule has 0 unspecified atom stereocenters. The van der Waals surface area contributed by atoms with Gasteiger partial charge in [0.05, 0.1) is 5.75 Å². The summed E-state index contributed by atoms with van der Waals surface area (Å²) in [6.45, 7) is 4.00. The molecule has 1 saturated carbocycles. The Bertz CT molecular complexity index is 285. The quantitative estimate of drug-likeness (QED) is 0.498. The second-order valence-corrected chi connectivity index (χ2v) is 5.87. The van der Waals surface area contributed by atoms with E-state index in [4.69, 9.17) is 11.6 Å². The molecule has 0 aromatic heterocycles. The molecule has 0 aromatic carbocycles. The van der Waals surface area contributed by atoms with Gasteiger partial charge in [-0.3, -0.25) is 0 Å². The molecule has 0 radical (unpaired) electrons. The predicted octanol–water partition coefficient (Wildman–Crippen LogP) is 1.60. The van der Waals surface area contributed by atoms with Crippen molar-refractivity contribution < 1.29 is 8.42 Å². The average Bonchev–Trinajstić information content (AvgIpc) is 2.94. The van der Waals surface area contributed by atoms with Gasteiger partial charge in [0.15, 0.2) is 0 Å². The Morgan fingerprint density at radius 1 is 1.50 bits per heavy atom. The molecule has 1 aliphatic carbocycles. The zero-order chi connectivity index (χ0) is 10.6. The van der Waals surface area contributed by atoms with Gasteiger partial charge in [0.25, 0.3) is 0 Å². The van der Waals surface area contributed by atoms with E-state index in [1.165, 1.54) is 0 Å². The van der Waals surface area contributed by atoms with Crippen LogP contribution in [-0.4, -0.2) is 36.9 Å². The standard InChI is InChI=1S/C9H16ClNO2S/c1-2-7-11(9-4-5-9)14(12,13)8-3-6-10/h2,9H,1,3-8H2. The lowest BCUT2D eigenvalue weighted by molar-refractivity contribution is 0.435. The van der Waals surface area contributed by atoms with E-state index in [1.807, 2.05) is 0 Å². The summed E-state index contributed by atoms with van der Waals surface area (Å²) in [6, 6.07) is 0.216. The average molecular weight is 238 g/mol. The largest absolute Gasteiger partial charge is 0.214 e. The van der Waals surface area contributed by atoms with Crippen molar-refractivity contribution in [2.24, 2.45) is 0 Å². The third kappa shape index (κ3) is 3.26. The summed E-state index contributed by atoms with van der Waals surface area (Å²) in [5.41, 5.74) is 0. The lowest BCUT2D eigenvalue weighted by Gasteiger charge is -2.19. The maximum absolute atomic E-state index is 11.8. The Hall–Kier alpha value is -0.0600. The third-order valence-electron chi connectivity index (χ3n) is 2.16. The maximum Gasteiger partial charge on any atom is 0.214 e. The van der Waals surface area contributed by atoms with Crippen LogP contribution in [0.15, 0.2) is 12.7 Å². The molecule has 0 saturated heterocycles. The molecule has 5 heteroatoms. The summed E-state index contributed by atoms with van der Waals surface area (Å²) in [4.78, 5) is 0. The molecule has 0 bridgehead atoms. The maximum atomic E-state index is 11.8. The molecule has 1 rings (SSSR count). The Balaban J connectivity index is 2.60. The summed E-state index contributed by atoms with van der Waals surface area (Å²) in [7, 11) is -3.11. The van der Waals surface area contributed by atoms with Crippen LogP contribution in [0.3, 0.4) is 0 Å². The Labute approximate surface area is 90.8 Å². The van der Waals surface area contributed by atoms with E-state index in [0.29, 0.717) is 18.8 Å². The van der Waals surface area contributed by atoms with E-state index < -0.39 is 10.0 Å². The van der Waals surface area contributed by atoms with Crippen molar-refractivity contribution in [3.63, 3.8) is 0 Å². The van der Waals surface area contributed by atoms with Crippen molar-refractivity contribution in [2.45, 2.75) is 25.3 Å². The van der Waals surface area contributed by atoms with Gasteiger partial charge in [-0.25, -0.2) is 8.42 Å². The van der Waals surface area contributed by atoms with Crippen LogP contribution in [0.2, 0.25) is 0 Å². The van der Waals surface area contributed by atoms with Crippen LogP contribution >= 0.6 is 11.6 Å². The van der Waals surface area contributed by atoms with Crippen molar-refractivity contribution in [2.75, 3.05) is 18.2 Å². The first kappa shape index (κ1) is 12.0. The molecule has 0 atom stereocenters. The molecule has 0 amide bonds. The number of rotatable bonds is 7. The Kier molecular flexibility index (Phi) is 4.41. The molecule has 0 heterocycles. The molecule has 0 aliphatic heterocycles. The molecule has 0 spiro atoms. The van der Waals surface area contributed by atoms with E-state index in [9.17, 15) is 8.42 Å². The zero-order valence-electron chi connectivity index (χ0n) is 8.15. The zero-order valence-corrected chi connectivity index (χ0v) is 9.73. The van der Waals surface area contributed by atoms with Crippen molar-refractivity contribution in [3.8, 4) is 0 Å². The van der Waals surface area contributed by atoms with E-state index in [2.05, 4.69) is 6.58 Å². The minimum absolute atomic E-state index is 0.154. The van der Waals surface area contributed by atoms with Crippen molar-refractivity contribution in [3.05, 3.63) is 12.7 Å². The smallest absolute Gasteiger partial charge is 0.212 e. The Morgan fingerprint density at radius 3 is 2.57 bits per heavy atom. The van der Waals surface area contributed by atoms with Crippen molar-refractivity contribution >= 4 is 21.6 Å². The van der Waals surface area contributed by atoms with E-state index in [-0.39, 0.29) is 11.8 Å². The minimum atomic E-state index is -3.11. The summed E-state index contributed by atoms with van der Waals surface area (Å²) in [5, 5.41) is 0. The van der Waals surface area contributed by atoms with Gasteiger partial charge in [-0.2, -0.15) is 4.31 Å². The summed E-state index contributed by atoms with van der Waals surface area (Å²) >= 11 is 5.48. The fourth-order valence-corrected chi connectivity index (χ4v) is 3.37. The predicted molar refractivity (Wildman–Crippen MR) is 59.0 cm³/mol. The van der Waals surface area contributed by atoms with Crippen molar-refractivity contribution in [1.82, 2.24) is 4.31 Å². The molecule has 14 heavy (non-hydrogen) atoms. The first-order valence-corrected chi connectivity index (χ1v) is 6.92. The highest BCUT2D eigenvalue weighted by Gasteiger charge is 2.35. The summed E-state index contributed by atoms with van der Waals surface area (Å²) in [6.07, 6.45) is 4.11. The number of hydrogen-bond acceptors (Lipinski definition) is 2. The SMILES string of the molecule is C=CCN(C1CC1)S(=O)(=O)CCCCl. The lowest BCUT2D eigenvalue weighted by Crippen LogP contribution is -2.35. The third-order valence-corrected chi connectivity index (χ3v) is 4.39. The van der Waals surface area contributed by atoms with E-state index >= 15 is 0 Å². The van der Waals surface area contributed by atoms with E-state index in [1.54, 1.807) is 10.4 Å². The van der Waals surface area contributed by atoms with Crippen LogP contribution in [0.25, 0.3) is 0 Å². The highest BCUT2D eigenvalue weighted by atomic mass is 35.5. The van der Waals surface area contributed by atoms with Gasteiger partial charge < -0.3 is 0 Å². The number of halogens is 1. The van der Waals surface area contributed by atoms with E-state index in [0.717, 1.165) is 12.8 Å². The normalized spacial score (nSPS) is 17.3. The highest BCUT2D eigenvalue weighted by molar-refractivity contribution is 7.89. The minimum Gasteiger partial charge on any atom is -0.212 e. The van der Waals surface area contributed by atoms with Crippen molar-refractivity contribution in [1.29, 1.82) is 0 Å². The monoisotopic (exact) mass is 237 g/mol. The number of hydrogen-bond donors (Lipinski definition) is 0. The van der Waals surface area contributed by atoms with Gasteiger partial charge in [0.1, 0.15) is 0 Å². The number of sulfonamides is 1. The number of nitrogens with zero attached hydrogens (tertiary/aromatic N) is 1. The van der Waals surface area contributed by atoms with Gasteiger partial charge in [-0.15, -0.1) is 18.2 Å². The Morgan fingerprint density at radius 2 is 2.14 bits per heavy atom. The molecule has 3 nitrogen and oxygen atoms in total. The lowest BCUT2D eigenvalue weighted by atomic mass is 10.6. The van der Waals surface area contributed by atoms with Crippen LogP contribution in [0.1, 0.15) is 19.3 Å². The second-order valence-electron chi connectivity index (χ2n) is 3.45. The van der Waals surface area contributed by atoms with Crippen LogP contribution < -0.4 is 0 Å². The van der Waals surface area contributed by atoms with Crippen LogP contribution in [-0.2, 0) is 10.0 Å². The summed E-state index contributed by atoms with van der Waals surface area (Å²) < 4.78 is 25.1. The number of alkyl halides is 1. The first-order chi connectivity index (χ1) is 6.61. The molecule has 1 aliphatic rings.